The molecular weight excluding hydrogens is 338 g/mol. The lowest BCUT2D eigenvalue weighted by Crippen LogP contribution is -2.48. The average Bonchev–Trinajstić information content (AvgIpc) is 3.31. The maximum atomic E-state index is 12.9. The third kappa shape index (κ3) is 2.56. The monoisotopic (exact) mass is 361 g/mol. The zero-order valence-electron chi connectivity index (χ0n) is 14.6. The number of thiophene rings is 1. The molecule has 7 heteroatoms. The van der Waals surface area contributed by atoms with E-state index in [4.69, 9.17) is 0 Å². The number of hydrogen-bond donors (Lipinski definition) is 1. The fourth-order valence-corrected chi connectivity index (χ4v) is 5.09. The van der Waals surface area contributed by atoms with Crippen molar-refractivity contribution in [3.63, 3.8) is 0 Å². The number of urea groups is 1. The standard InChI is InChI=1S/C18H23N3O3S/c1-3-13-12-7-9-25-14(12)6-8-20(13)15(22)10-21-16(23)18(2,11-4-5-11)19-17(21)24/h7,9,11,13H,3-6,8,10H2,1-2H3,(H,19,24). The molecule has 2 unspecified atom stereocenters. The molecule has 25 heavy (non-hydrogen) atoms. The second-order valence-corrected chi connectivity index (χ2v) is 8.36. The Morgan fingerprint density at radius 2 is 2.16 bits per heavy atom. The van der Waals surface area contributed by atoms with Gasteiger partial charge in [0.15, 0.2) is 0 Å². The van der Waals surface area contributed by atoms with Crippen molar-refractivity contribution in [1.82, 2.24) is 15.1 Å². The van der Waals surface area contributed by atoms with Crippen molar-refractivity contribution in [2.75, 3.05) is 13.1 Å². The van der Waals surface area contributed by atoms with Crippen LogP contribution >= 0.6 is 11.3 Å². The smallest absolute Gasteiger partial charge is 0.325 e. The fourth-order valence-electron chi connectivity index (χ4n) is 4.16. The van der Waals surface area contributed by atoms with Crippen LogP contribution in [0.3, 0.4) is 0 Å². The van der Waals surface area contributed by atoms with E-state index in [1.807, 2.05) is 4.90 Å². The molecule has 134 valence electrons. The molecule has 0 radical (unpaired) electrons. The number of carbonyl (C=O) groups excluding carboxylic acids is 3. The highest BCUT2D eigenvalue weighted by Gasteiger charge is 2.56. The molecule has 4 rings (SSSR count). The minimum Gasteiger partial charge on any atom is -0.334 e. The quantitative estimate of drug-likeness (QED) is 0.837. The van der Waals surface area contributed by atoms with Crippen molar-refractivity contribution in [3.8, 4) is 0 Å². The zero-order chi connectivity index (χ0) is 17.8. The number of nitrogens with zero attached hydrogens (tertiary/aromatic N) is 2. The molecule has 6 nitrogen and oxygen atoms in total. The third-order valence-electron chi connectivity index (χ3n) is 5.79. The van der Waals surface area contributed by atoms with Gasteiger partial charge >= 0.3 is 6.03 Å². The van der Waals surface area contributed by atoms with E-state index < -0.39 is 11.6 Å². The summed E-state index contributed by atoms with van der Waals surface area (Å²) in [4.78, 5) is 42.2. The maximum Gasteiger partial charge on any atom is 0.325 e. The zero-order valence-corrected chi connectivity index (χ0v) is 15.4. The van der Waals surface area contributed by atoms with E-state index in [2.05, 4.69) is 23.7 Å². The van der Waals surface area contributed by atoms with Crippen molar-refractivity contribution < 1.29 is 14.4 Å². The summed E-state index contributed by atoms with van der Waals surface area (Å²) >= 11 is 1.74. The molecule has 4 amide bonds. The fraction of sp³-hybridized carbons (Fsp3) is 0.611. The van der Waals surface area contributed by atoms with Crippen LogP contribution in [0.1, 0.15) is 49.6 Å². The van der Waals surface area contributed by atoms with E-state index in [1.54, 1.807) is 18.3 Å². The van der Waals surface area contributed by atoms with Crippen molar-refractivity contribution >= 4 is 29.2 Å². The molecule has 1 aromatic heterocycles. The van der Waals surface area contributed by atoms with Crippen LogP contribution in [0, 0.1) is 5.92 Å². The molecule has 2 fully saturated rings. The lowest BCUT2D eigenvalue weighted by atomic mass is 9.96. The maximum absolute atomic E-state index is 12.9. The second kappa shape index (κ2) is 5.83. The highest BCUT2D eigenvalue weighted by Crippen LogP contribution is 2.42. The summed E-state index contributed by atoms with van der Waals surface area (Å²) in [6.45, 7) is 4.33. The number of amides is 4. The van der Waals surface area contributed by atoms with Gasteiger partial charge in [-0.3, -0.25) is 14.5 Å². The van der Waals surface area contributed by atoms with Gasteiger partial charge in [0.2, 0.25) is 5.91 Å². The Bertz CT molecular complexity index is 742. The van der Waals surface area contributed by atoms with Crippen LogP contribution in [-0.2, 0) is 16.0 Å². The molecule has 0 spiro atoms. The van der Waals surface area contributed by atoms with Gasteiger partial charge in [0.1, 0.15) is 12.1 Å². The lowest BCUT2D eigenvalue weighted by Gasteiger charge is -2.36. The first kappa shape index (κ1) is 16.6. The number of nitrogens with one attached hydrogen (secondary N) is 1. The van der Waals surface area contributed by atoms with Crippen LogP contribution in [0.4, 0.5) is 4.79 Å². The first-order chi connectivity index (χ1) is 12.0. The van der Waals surface area contributed by atoms with Crippen LogP contribution in [0.25, 0.3) is 0 Å². The highest BCUT2D eigenvalue weighted by atomic mass is 32.1. The van der Waals surface area contributed by atoms with Crippen LogP contribution in [0.15, 0.2) is 11.4 Å². The van der Waals surface area contributed by atoms with Crippen molar-refractivity contribution in [2.45, 2.75) is 51.1 Å². The molecule has 1 aliphatic carbocycles. The molecule has 2 aliphatic heterocycles. The van der Waals surface area contributed by atoms with Crippen molar-refractivity contribution in [2.24, 2.45) is 5.92 Å². The highest BCUT2D eigenvalue weighted by molar-refractivity contribution is 7.10. The number of imide groups is 1. The number of hydrogen-bond acceptors (Lipinski definition) is 4. The topological polar surface area (TPSA) is 69.7 Å². The van der Waals surface area contributed by atoms with E-state index in [0.717, 1.165) is 30.6 Å². The molecule has 1 saturated heterocycles. The first-order valence-electron chi connectivity index (χ1n) is 8.95. The Kier molecular flexibility index (Phi) is 3.86. The summed E-state index contributed by atoms with van der Waals surface area (Å²) in [7, 11) is 0. The Balaban J connectivity index is 1.50. The van der Waals surface area contributed by atoms with Crippen LogP contribution in [-0.4, -0.2) is 46.3 Å². The lowest BCUT2D eigenvalue weighted by molar-refractivity contribution is -0.140. The SMILES string of the molecule is CCC1c2ccsc2CCN1C(=O)CN1C(=O)NC(C)(C2CC2)C1=O. The van der Waals surface area contributed by atoms with Gasteiger partial charge in [0, 0.05) is 11.4 Å². The van der Waals surface area contributed by atoms with Gasteiger partial charge in [-0.15, -0.1) is 11.3 Å². The normalized spacial score (nSPS) is 29.0. The molecular formula is C18H23N3O3S. The van der Waals surface area contributed by atoms with Crippen LogP contribution < -0.4 is 5.32 Å². The Morgan fingerprint density at radius 3 is 2.84 bits per heavy atom. The van der Waals surface area contributed by atoms with Gasteiger partial charge in [0.25, 0.3) is 5.91 Å². The van der Waals surface area contributed by atoms with E-state index in [9.17, 15) is 14.4 Å². The molecule has 1 saturated carbocycles. The van der Waals surface area contributed by atoms with E-state index in [-0.39, 0.29) is 30.3 Å². The number of carbonyl (C=O) groups is 3. The Labute approximate surface area is 151 Å². The van der Waals surface area contributed by atoms with Gasteiger partial charge in [0.05, 0.1) is 6.04 Å². The van der Waals surface area contributed by atoms with Gasteiger partial charge in [-0.05, 0) is 55.5 Å². The Hall–Kier alpha value is -1.89. The summed E-state index contributed by atoms with van der Waals surface area (Å²) in [6, 6.07) is 1.69. The summed E-state index contributed by atoms with van der Waals surface area (Å²) in [5, 5.41) is 4.87. The average molecular weight is 361 g/mol. The molecule has 0 bridgehead atoms. The van der Waals surface area contributed by atoms with E-state index in [1.165, 1.54) is 10.4 Å². The molecule has 0 aromatic carbocycles. The predicted molar refractivity (Wildman–Crippen MR) is 94.1 cm³/mol. The Morgan fingerprint density at radius 1 is 1.40 bits per heavy atom. The van der Waals surface area contributed by atoms with Crippen LogP contribution in [0.5, 0.6) is 0 Å². The van der Waals surface area contributed by atoms with Crippen molar-refractivity contribution in [3.05, 3.63) is 21.9 Å². The second-order valence-electron chi connectivity index (χ2n) is 7.36. The van der Waals surface area contributed by atoms with E-state index >= 15 is 0 Å². The van der Waals surface area contributed by atoms with E-state index in [0.29, 0.717) is 6.54 Å². The molecule has 2 atom stereocenters. The predicted octanol–water partition coefficient (Wildman–Crippen LogP) is 2.30. The molecule has 3 aliphatic rings. The third-order valence-corrected chi connectivity index (χ3v) is 6.79. The van der Waals surface area contributed by atoms with Crippen LogP contribution in [0.2, 0.25) is 0 Å². The first-order valence-corrected chi connectivity index (χ1v) is 9.83. The largest absolute Gasteiger partial charge is 0.334 e. The van der Waals surface area contributed by atoms with Crippen molar-refractivity contribution in [1.29, 1.82) is 0 Å². The summed E-state index contributed by atoms with van der Waals surface area (Å²) < 4.78 is 0. The number of rotatable bonds is 4. The molecule has 3 heterocycles. The number of fused-ring (bicyclic) bond motifs is 1. The van der Waals surface area contributed by atoms with Gasteiger partial charge < -0.3 is 10.2 Å². The summed E-state index contributed by atoms with van der Waals surface area (Å²) in [5.41, 5.74) is 0.386. The van der Waals surface area contributed by atoms with Gasteiger partial charge in [-0.1, -0.05) is 6.92 Å². The summed E-state index contributed by atoms with van der Waals surface area (Å²) in [6.07, 6.45) is 3.58. The summed E-state index contributed by atoms with van der Waals surface area (Å²) in [5.74, 6) is -0.197. The minimum atomic E-state index is -0.829. The van der Waals surface area contributed by atoms with Gasteiger partial charge in [-0.25, -0.2) is 4.79 Å². The van der Waals surface area contributed by atoms with Gasteiger partial charge in [-0.2, -0.15) is 0 Å². The molecule has 1 N–H and O–H groups in total. The molecule has 1 aromatic rings. The minimum absolute atomic E-state index is 0.0399.